The third kappa shape index (κ3) is 3.29. The van der Waals surface area contributed by atoms with Crippen molar-refractivity contribution in [1.82, 2.24) is 19.9 Å². The number of thiazole rings is 1. The Hall–Kier alpha value is -1.90. The minimum Gasteiger partial charge on any atom is -0.348 e. The van der Waals surface area contributed by atoms with Crippen molar-refractivity contribution in [2.45, 2.75) is 38.5 Å². The molecule has 0 spiro atoms. The number of aromatic nitrogens is 3. The van der Waals surface area contributed by atoms with Crippen LogP contribution in [0.3, 0.4) is 0 Å². The lowest BCUT2D eigenvalue weighted by atomic mass is 10.0. The molecule has 0 aromatic carbocycles. The molecule has 1 unspecified atom stereocenters. The molecular formula is C17H20N4O3S. The molecule has 132 valence electrons. The first-order valence-corrected chi connectivity index (χ1v) is 9.34. The summed E-state index contributed by atoms with van der Waals surface area (Å²) in [5.41, 5.74) is 0.718. The summed E-state index contributed by atoms with van der Waals surface area (Å²) in [6.45, 7) is 3.77. The number of amides is 1. The van der Waals surface area contributed by atoms with E-state index >= 15 is 0 Å². The van der Waals surface area contributed by atoms with E-state index in [9.17, 15) is 4.79 Å². The van der Waals surface area contributed by atoms with Crippen LogP contribution < -0.4 is 0 Å². The summed E-state index contributed by atoms with van der Waals surface area (Å²) in [6.07, 6.45) is 6.04. The van der Waals surface area contributed by atoms with E-state index in [0.29, 0.717) is 28.9 Å². The van der Waals surface area contributed by atoms with Crippen LogP contribution >= 0.6 is 11.3 Å². The van der Waals surface area contributed by atoms with E-state index in [1.54, 1.807) is 18.5 Å². The van der Waals surface area contributed by atoms with Crippen molar-refractivity contribution in [2.75, 3.05) is 19.8 Å². The van der Waals surface area contributed by atoms with Crippen molar-refractivity contribution in [3.8, 4) is 10.8 Å². The summed E-state index contributed by atoms with van der Waals surface area (Å²) >= 11 is 1.35. The predicted molar refractivity (Wildman–Crippen MR) is 92.2 cm³/mol. The van der Waals surface area contributed by atoms with Crippen molar-refractivity contribution in [3.63, 3.8) is 0 Å². The molecule has 2 aromatic heterocycles. The van der Waals surface area contributed by atoms with Crippen LogP contribution in [0.1, 0.15) is 34.6 Å². The van der Waals surface area contributed by atoms with Gasteiger partial charge in [-0.3, -0.25) is 4.79 Å². The molecule has 0 bridgehead atoms. The zero-order chi connectivity index (χ0) is 17.2. The number of rotatable bonds is 3. The Morgan fingerprint density at radius 1 is 1.24 bits per heavy atom. The lowest BCUT2D eigenvalue weighted by molar-refractivity contribution is -0.100. The Morgan fingerprint density at radius 2 is 2.00 bits per heavy atom. The van der Waals surface area contributed by atoms with Gasteiger partial charge in [-0.25, -0.2) is 15.0 Å². The van der Waals surface area contributed by atoms with E-state index in [1.165, 1.54) is 11.3 Å². The van der Waals surface area contributed by atoms with Gasteiger partial charge in [0.2, 0.25) is 0 Å². The minimum atomic E-state index is -0.311. The zero-order valence-electron chi connectivity index (χ0n) is 14.1. The fraction of sp³-hybridized carbons (Fsp3) is 0.529. The lowest BCUT2D eigenvalue weighted by Gasteiger charge is -2.37. The van der Waals surface area contributed by atoms with Crippen LogP contribution in [0, 0.1) is 6.92 Å². The molecule has 25 heavy (non-hydrogen) atoms. The number of ether oxygens (including phenoxy) is 2. The maximum absolute atomic E-state index is 13.2. The van der Waals surface area contributed by atoms with Gasteiger partial charge in [-0.15, -0.1) is 11.3 Å². The fourth-order valence-electron chi connectivity index (χ4n) is 3.32. The van der Waals surface area contributed by atoms with Crippen LogP contribution in [0.5, 0.6) is 0 Å². The summed E-state index contributed by atoms with van der Waals surface area (Å²) in [5.74, 6) is 0.549. The largest absolute Gasteiger partial charge is 0.348 e. The molecule has 1 amide bonds. The van der Waals surface area contributed by atoms with Crippen molar-refractivity contribution in [2.24, 2.45) is 0 Å². The molecule has 4 heterocycles. The Bertz CT molecular complexity index is 746. The smallest absolute Gasteiger partial charge is 0.266 e. The van der Waals surface area contributed by atoms with Gasteiger partial charge in [0, 0.05) is 18.9 Å². The number of hydrogen-bond acceptors (Lipinski definition) is 7. The topological polar surface area (TPSA) is 77.4 Å². The molecule has 2 saturated heterocycles. The van der Waals surface area contributed by atoms with Gasteiger partial charge in [-0.2, -0.15) is 0 Å². The quantitative estimate of drug-likeness (QED) is 0.836. The lowest BCUT2D eigenvalue weighted by Crippen LogP contribution is -2.50. The zero-order valence-corrected chi connectivity index (χ0v) is 14.9. The molecule has 0 radical (unpaired) electrons. The number of piperidine rings is 1. The van der Waals surface area contributed by atoms with E-state index in [4.69, 9.17) is 9.47 Å². The molecule has 2 aromatic rings. The van der Waals surface area contributed by atoms with Crippen molar-refractivity contribution in [1.29, 1.82) is 0 Å². The van der Waals surface area contributed by atoms with E-state index in [0.717, 1.165) is 31.5 Å². The Kier molecular flexibility index (Phi) is 4.74. The second kappa shape index (κ2) is 7.15. The van der Waals surface area contributed by atoms with Crippen LogP contribution in [0.4, 0.5) is 0 Å². The van der Waals surface area contributed by atoms with Crippen molar-refractivity contribution >= 4 is 17.2 Å². The number of hydrogen-bond donors (Lipinski definition) is 0. The highest BCUT2D eigenvalue weighted by atomic mass is 32.1. The van der Waals surface area contributed by atoms with Crippen LogP contribution in [-0.2, 0) is 9.47 Å². The summed E-state index contributed by atoms with van der Waals surface area (Å²) in [4.78, 5) is 28.7. The molecule has 0 aliphatic carbocycles. The Balaban J connectivity index is 1.60. The third-order valence-electron chi connectivity index (χ3n) is 4.52. The SMILES string of the molecule is Cc1nc(-c2ncccn2)sc1C(=O)N1CCCCC1C1OCCO1. The maximum Gasteiger partial charge on any atom is 0.266 e. The molecule has 2 aliphatic rings. The third-order valence-corrected chi connectivity index (χ3v) is 5.66. The maximum atomic E-state index is 13.2. The highest BCUT2D eigenvalue weighted by Crippen LogP contribution is 2.30. The van der Waals surface area contributed by atoms with Gasteiger partial charge < -0.3 is 14.4 Å². The first kappa shape index (κ1) is 16.6. The van der Waals surface area contributed by atoms with Gasteiger partial charge >= 0.3 is 0 Å². The Labute approximate surface area is 150 Å². The fourth-order valence-corrected chi connectivity index (χ4v) is 4.29. The average molecular weight is 360 g/mol. The summed E-state index contributed by atoms with van der Waals surface area (Å²) < 4.78 is 11.3. The van der Waals surface area contributed by atoms with Gasteiger partial charge in [-0.1, -0.05) is 0 Å². The molecule has 7 nitrogen and oxygen atoms in total. The molecule has 0 N–H and O–H groups in total. The highest BCUT2D eigenvalue weighted by Gasteiger charge is 2.37. The van der Waals surface area contributed by atoms with E-state index in [-0.39, 0.29) is 18.2 Å². The van der Waals surface area contributed by atoms with Gasteiger partial charge in [0.05, 0.1) is 24.9 Å². The van der Waals surface area contributed by atoms with E-state index in [1.807, 2.05) is 11.8 Å². The molecule has 2 fully saturated rings. The first-order chi connectivity index (χ1) is 12.2. The second-order valence-corrected chi connectivity index (χ2v) is 7.18. The second-order valence-electron chi connectivity index (χ2n) is 6.18. The van der Waals surface area contributed by atoms with Crippen LogP contribution in [-0.4, -0.2) is 57.8 Å². The van der Waals surface area contributed by atoms with Gasteiger partial charge in [0.25, 0.3) is 5.91 Å². The normalized spacial score (nSPS) is 21.6. The highest BCUT2D eigenvalue weighted by molar-refractivity contribution is 7.17. The minimum absolute atomic E-state index is 0.000908. The molecule has 0 saturated carbocycles. The number of carbonyl (C=O) groups is 1. The number of carbonyl (C=O) groups excluding carboxylic acids is 1. The van der Waals surface area contributed by atoms with Crippen LogP contribution in [0.2, 0.25) is 0 Å². The average Bonchev–Trinajstić information content (AvgIpc) is 3.32. The molecule has 4 rings (SSSR count). The summed E-state index contributed by atoms with van der Waals surface area (Å²) in [5, 5.41) is 0.670. The monoisotopic (exact) mass is 360 g/mol. The van der Waals surface area contributed by atoms with Gasteiger partial charge in [0.1, 0.15) is 4.88 Å². The van der Waals surface area contributed by atoms with E-state index < -0.39 is 0 Å². The molecular weight excluding hydrogens is 340 g/mol. The Morgan fingerprint density at radius 3 is 2.76 bits per heavy atom. The molecule has 8 heteroatoms. The van der Waals surface area contributed by atoms with Gasteiger partial charge in [-0.05, 0) is 32.3 Å². The summed E-state index contributed by atoms with van der Waals surface area (Å²) in [7, 11) is 0. The molecule has 2 aliphatic heterocycles. The number of aryl methyl sites for hydroxylation is 1. The van der Waals surface area contributed by atoms with Crippen molar-refractivity contribution in [3.05, 3.63) is 29.0 Å². The van der Waals surface area contributed by atoms with Crippen LogP contribution in [0.25, 0.3) is 10.8 Å². The number of nitrogens with zero attached hydrogens (tertiary/aromatic N) is 4. The van der Waals surface area contributed by atoms with E-state index in [2.05, 4.69) is 15.0 Å². The number of likely N-dealkylation sites (tertiary alicyclic amines) is 1. The molecule has 1 atom stereocenters. The van der Waals surface area contributed by atoms with Crippen molar-refractivity contribution < 1.29 is 14.3 Å². The van der Waals surface area contributed by atoms with Gasteiger partial charge in [0.15, 0.2) is 17.1 Å². The summed E-state index contributed by atoms with van der Waals surface area (Å²) in [6, 6.07) is 1.73. The first-order valence-electron chi connectivity index (χ1n) is 8.53. The standard InChI is InChI=1S/C17H20N4O3S/c1-11-13(25-15(20-11)14-18-6-4-7-19-14)16(22)21-8-3-2-5-12(21)17-23-9-10-24-17/h4,6-7,12,17H,2-3,5,8-10H2,1H3. The predicted octanol–water partition coefficient (Wildman–Crippen LogP) is 2.28. The van der Waals surface area contributed by atoms with Crippen LogP contribution in [0.15, 0.2) is 18.5 Å².